The van der Waals surface area contributed by atoms with E-state index in [0.717, 1.165) is 25.8 Å². The van der Waals surface area contributed by atoms with Crippen LogP contribution < -0.4 is 5.32 Å². The van der Waals surface area contributed by atoms with Crippen LogP contribution in [0.15, 0.2) is 0 Å². The standard InChI is InChI=1S/C10H17NO/c12-9-5-8-11-10(9)6-3-1-2-4-7-10/h11H,1-8H2. The molecule has 1 aliphatic carbocycles. The summed E-state index contributed by atoms with van der Waals surface area (Å²) in [7, 11) is 0. The lowest BCUT2D eigenvalue weighted by Gasteiger charge is -2.25. The van der Waals surface area contributed by atoms with Crippen LogP contribution in [0.2, 0.25) is 0 Å². The molecule has 0 aromatic rings. The lowest BCUT2D eigenvalue weighted by molar-refractivity contribution is -0.122. The van der Waals surface area contributed by atoms with Crippen LogP contribution in [0.3, 0.4) is 0 Å². The SMILES string of the molecule is O=C1CCNC12CCCCCC2. The summed E-state index contributed by atoms with van der Waals surface area (Å²) >= 11 is 0. The largest absolute Gasteiger partial charge is 0.304 e. The molecule has 1 heterocycles. The zero-order valence-corrected chi connectivity index (χ0v) is 7.57. The van der Waals surface area contributed by atoms with Crippen LogP contribution in [0.25, 0.3) is 0 Å². The quantitative estimate of drug-likeness (QED) is 0.594. The molecule has 2 aliphatic rings. The average Bonchev–Trinajstić information content (AvgIpc) is 2.33. The summed E-state index contributed by atoms with van der Waals surface area (Å²) in [6, 6.07) is 0. The highest BCUT2D eigenvalue weighted by molar-refractivity contribution is 5.90. The van der Waals surface area contributed by atoms with Crippen molar-refractivity contribution in [3.63, 3.8) is 0 Å². The van der Waals surface area contributed by atoms with Crippen molar-refractivity contribution in [3.05, 3.63) is 0 Å². The highest BCUT2D eigenvalue weighted by atomic mass is 16.1. The number of hydrogen-bond acceptors (Lipinski definition) is 2. The van der Waals surface area contributed by atoms with Gasteiger partial charge in [-0.05, 0) is 12.8 Å². The molecule has 0 aromatic carbocycles. The molecule has 2 nitrogen and oxygen atoms in total. The molecule has 2 fully saturated rings. The van der Waals surface area contributed by atoms with Gasteiger partial charge in [0.15, 0.2) is 5.78 Å². The Morgan fingerprint density at radius 3 is 2.25 bits per heavy atom. The fourth-order valence-corrected chi connectivity index (χ4v) is 2.54. The number of rotatable bonds is 0. The smallest absolute Gasteiger partial charge is 0.154 e. The first-order valence-corrected chi connectivity index (χ1v) is 5.12. The van der Waals surface area contributed by atoms with Gasteiger partial charge in [-0.1, -0.05) is 25.7 Å². The molecule has 1 spiro atoms. The molecule has 68 valence electrons. The summed E-state index contributed by atoms with van der Waals surface area (Å²) in [6.07, 6.45) is 8.04. The summed E-state index contributed by atoms with van der Waals surface area (Å²) in [6.45, 7) is 0.916. The number of hydrogen-bond donors (Lipinski definition) is 1. The van der Waals surface area contributed by atoms with Crippen LogP contribution in [0.4, 0.5) is 0 Å². The maximum absolute atomic E-state index is 11.6. The number of Topliss-reactive ketones (excluding diaryl/α,β-unsaturated/α-hetero) is 1. The second-order valence-corrected chi connectivity index (χ2v) is 4.10. The van der Waals surface area contributed by atoms with E-state index in [1.807, 2.05) is 0 Å². The monoisotopic (exact) mass is 167 g/mol. The van der Waals surface area contributed by atoms with E-state index in [9.17, 15) is 4.79 Å². The normalized spacial score (nSPS) is 29.2. The average molecular weight is 167 g/mol. The molecule has 12 heavy (non-hydrogen) atoms. The topological polar surface area (TPSA) is 29.1 Å². The second-order valence-electron chi connectivity index (χ2n) is 4.10. The van der Waals surface area contributed by atoms with E-state index in [1.165, 1.54) is 25.7 Å². The van der Waals surface area contributed by atoms with Crippen LogP contribution in [-0.2, 0) is 4.79 Å². The maximum atomic E-state index is 11.6. The zero-order valence-electron chi connectivity index (χ0n) is 7.57. The maximum Gasteiger partial charge on any atom is 0.154 e. The van der Waals surface area contributed by atoms with Crippen LogP contribution >= 0.6 is 0 Å². The highest BCUT2D eigenvalue weighted by Gasteiger charge is 2.40. The third-order valence-electron chi connectivity index (χ3n) is 3.31. The van der Waals surface area contributed by atoms with Gasteiger partial charge in [0.2, 0.25) is 0 Å². The van der Waals surface area contributed by atoms with Gasteiger partial charge in [-0.25, -0.2) is 0 Å². The Balaban J connectivity index is 2.11. The first-order valence-electron chi connectivity index (χ1n) is 5.12. The van der Waals surface area contributed by atoms with Gasteiger partial charge < -0.3 is 5.32 Å². The van der Waals surface area contributed by atoms with Crippen LogP contribution in [0.1, 0.15) is 44.9 Å². The Hall–Kier alpha value is -0.370. The Bertz CT molecular complexity index is 180. The van der Waals surface area contributed by atoms with E-state index < -0.39 is 0 Å². The summed E-state index contributed by atoms with van der Waals surface area (Å²) in [5, 5.41) is 3.41. The molecule has 2 heteroatoms. The minimum absolute atomic E-state index is 0.0729. The van der Waals surface area contributed by atoms with Gasteiger partial charge in [-0.15, -0.1) is 0 Å². The highest BCUT2D eigenvalue weighted by Crippen LogP contribution is 2.31. The first-order chi connectivity index (χ1) is 5.83. The van der Waals surface area contributed by atoms with Crippen molar-refractivity contribution in [1.82, 2.24) is 5.32 Å². The molecule has 1 N–H and O–H groups in total. The van der Waals surface area contributed by atoms with Gasteiger partial charge in [0, 0.05) is 13.0 Å². The Morgan fingerprint density at radius 1 is 1.08 bits per heavy atom. The molecule has 0 bridgehead atoms. The Morgan fingerprint density at radius 2 is 1.75 bits per heavy atom. The van der Waals surface area contributed by atoms with Gasteiger partial charge in [-0.2, -0.15) is 0 Å². The fraction of sp³-hybridized carbons (Fsp3) is 0.900. The van der Waals surface area contributed by atoms with Gasteiger partial charge >= 0.3 is 0 Å². The van der Waals surface area contributed by atoms with Crippen LogP contribution in [0, 0.1) is 0 Å². The van der Waals surface area contributed by atoms with Crippen LogP contribution in [0.5, 0.6) is 0 Å². The third-order valence-corrected chi connectivity index (χ3v) is 3.31. The fourth-order valence-electron chi connectivity index (χ4n) is 2.54. The Labute approximate surface area is 73.7 Å². The van der Waals surface area contributed by atoms with E-state index in [4.69, 9.17) is 0 Å². The first kappa shape index (κ1) is 8.24. The molecule has 0 aromatic heterocycles. The lowest BCUT2D eigenvalue weighted by Crippen LogP contribution is -2.44. The molecule has 0 amide bonds. The number of ketones is 1. The summed E-state index contributed by atoms with van der Waals surface area (Å²) in [4.78, 5) is 11.6. The molecule has 0 radical (unpaired) electrons. The van der Waals surface area contributed by atoms with E-state index >= 15 is 0 Å². The van der Waals surface area contributed by atoms with Gasteiger partial charge in [0.25, 0.3) is 0 Å². The van der Waals surface area contributed by atoms with Crippen molar-refractivity contribution < 1.29 is 4.79 Å². The number of nitrogens with one attached hydrogen (secondary N) is 1. The van der Waals surface area contributed by atoms with Crippen molar-refractivity contribution in [1.29, 1.82) is 0 Å². The van der Waals surface area contributed by atoms with Crippen molar-refractivity contribution in [3.8, 4) is 0 Å². The van der Waals surface area contributed by atoms with E-state index in [1.54, 1.807) is 0 Å². The molecule has 2 rings (SSSR count). The molecule has 1 saturated carbocycles. The minimum atomic E-state index is -0.0729. The molecular weight excluding hydrogens is 150 g/mol. The summed E-state index contributed by atoms with van der Waals surface area (Å²) in [5.74, 6) is 0.476. The number of carbonyl (C=O) groups is 1. The van der Waals surface area contributed by atoms with Gasteiger partial charge in [-0.3, -0.25) is 4.79 Å². The van der Waals surface area contributed by atoms with Crippen molar-refractivity contribution in [2.75, 3.05) is 6.54 Å². The summed E-state index contributed by atoms with van der Waals surface area (Å²) in [5.41, 5.74) is -0.0729. The second kappa shape index (κ2) is 3.17. The molecule has 1 aliphatic heterocycles. The molecular formula is C10H17NO. The zero-order chi connectivity index (χ0) is 8.44. The van der Waals surface area contributed by atoms with Crippen molar-refractivity contribution in [2.24, 2.45) is 0 Å². The predicted octanol–water partition coefficient (Wildman–Crippen LogP) is 1.64. The summed E-state index contributed by atoms with van der Waals surface area (Å²) < 4.78 is 0. The molecule has 0 atom stereocenters. The third kappa shape index (κ3) is 1.28. The van der Waals surface area contributed by atoms with Gasteiger partial charge in [0.1, 0.15) is 0 Å². The van der Waals surface area contributed by atoms with E-state index in [0.29, 0.717) is 5.78 Å². The molecule has 1 saturated heterocycles. The lowest BCUT2D eigenvalue weighted by atomic mass is 9.88. The van der Waals surface area contributed by atoms with Crippen LogP contribution in [-0.4, -0.2) is 17.9 Å². The van der Waals surface area contributed by atoms with E-state index in [2.05, 4.69) is 5.32 Å². The minimum Gasteiger partial charge on any atom is -0.304 e. The predicted molar refractivity (Wildman–Crippen MR) is 48.1 cm³/mol. The molecule has 0 unspecified atom stereocenters. The van der Waals surface area contributed by atoms with Crippen molar-refractivity contribution >= 4 is 5.78 Å². The van der Waals surface area contributed by atoms with Crippen molar-refractivity contribution in [2.45, 2.75) is 50.5 Å². The Kier molecular flexibility index (Phi) is 2.18. The van der Waals surface area contributed by atoms with E-state index in [-0.39, 0.29) is 5.54 Å². The number of carbonyl (C=O) groups excluding carboxylic acids is 1. The van der Waals surface area contributed by atoms with Gasteiger partial charge in [0.05, 0.1) is 5.54 Å².